The van der Waals surface area contributed by atoms with Gasteiger partial charge in [0.25, 0.3) is 0 Å². The lowest BCUT2D eigenvalue weighted by molar-refractivity contribution is 0.439. The first-order valence-corrected chi connectivity index (χ1v) is 7.79. The van der Waals surface area contributed by atoms with Crippen molar-refractivity contribution in [2.24, 2.45) is 0 Å². The number of nitrogens with one attached hydrogen (secondary N) is 1. The number of rotatable bonds is 7. The molecule has 2 heterocycles. The van der Waals surface area contributed by atoms with Crippen LogP contribution in [0.5, 0.6) is 0 Å². The smallest absolute Gasteiger partial charge is 0.318 e. The fourth-order valence-electron chi connectivity index (χ4n) is 1.77. The van der Waals surface area contributed by atoms with E-state index in [9.17, 15) is 0 Å². The van der Waals surface area contributed by atoms with Crippen molar-refractivity contribution < 1.29 is 4.42 Å². The lowest BCUT2D eigenvalue weighted by Gasteiger charge is -2.23. The molecular formula is C14H22N4OS. The molecule has 0 aromatic carbocycles. The second-order valence-corrected chi connectivity index (χ2v) is 6.35. The molecule has 0 aliphatic heterocycles. The zero-order valence-corrected chi connectivity index (χ0v) is 13.3. The van der Waals surface area contributed by atoms with Gasteiger partial charge < -0.3 is 14.6 Å². The van der Waals surface area contributed by atoms with E-state index < -0.39 is 0 Å². The third-order valence-electron chi connectivity index (χ3n) is 2.89. The molecule has 2 aromatic rings. The topological polar surface area (TPSA) is 54.2 Å². The Morgan fingerprint density at radius 3 is 2.70 bits per heavy atom. The minimum atomic E-state index is 0.309. The van der Waals surface area contributed by atoms with Gasteiger partial charge in [-0.05, 0) is 25.3 Å². The van der Waals surface area contributed by atoms with Crippen molar-refractivity contribution >= 4 is 17.4 Å². The summed E-state index contributed by atoms with van der Waals surface area (Å²) < 4.78 is 5.75. The number of nitrogens with zero attached hydrogens (tertiary/aromatic N) is 3. The summed E-state index contributed by atoms with van der Waals surface area (Å²) >= 11 is 1.74. The molecule has 0 radical (unpaired) electrons. The highest BCUT2D eigenvalue weighted by Crippen LogP contribution is 2.20. The third kappa shape index (κ3) is 4.05. The van der Waals surface area contributed by atoms with Gasteiger partial charge in [0, 0.05) is 17.0 Å². The maximum Gasteiger partial charge on any atom is 0.318 e. The molecule has 0 aliphatic carbocycles. The van der Waals surface area contributed by atoms with Gasteiger partial charge in [-0.3, -0.25) is 0 Å². The summed E-state index contributed by atoms with van der Waals surface area (Å²) in [6, 6.07) is 5.48. The zero-order chi connectivity index (χ0) is 14.5. The van der Waals surface area contributed by atoms with Crippen molar-refractivity contribution in [2.75, 3.05) is 4.90 Å². The van der Waals surface area contributed by atoms with Crippen LogP contribution < -0.4 is 10.2 Å². The maximum absolute atomic E-state index is 5.75. The highest BCUT2D eigenvalue weighted by atomic mass is 32.1. The Morgan fingerprint density at radius 2 is 2.10 bits per heavy atom. The molecule has 2 aromatic heterocycles. The van der Waals surface area contributed by atoms with E-state index in [-0.39, 0.29) is 0 Å². The molecular weight excluding hydrogens is 272 g/mol. The van der Waals surface area contributed by atoms with Gasteiger partial charge >= 0.3 is 6.01 Å². The van der Waals surface area contributed by atoms with E-state index in [1.54, 1.807) is 11.3 Å². The fourth-order valence-corrected chi connectivity index (χ4v) is 2.47. The first kappa shape index (κ1) is 15.0. The standard InChI is InChI=1S/C14H22N4OS/c1-10(2)15-8-13-16-17-14(19-13)18(11(3)4)9-12-6-5-7-20-12/h5-7,10-11,15H,8-9H2,1-4H3. The molecule has 0 bridgehead atoms. The van der Waals surface area contributed by atoms with Crippen LogP contribution in [0, 0.1) is 0 Å². The predicted octanol–water partition coefficient (Wildman–Crippen LogP) is 3.04. The predicted molar refractivity (Wildman–Crippen MR) is 81.9 cm³/mol. The normalized spacial score (nSPS) is 11.5. The van der Waals surface area contributed by atoms with E-state index in [1.165, 1.54) is 4.88 Å². The van der Waals surface area contributed by atoms with Crippen molar-refractivity contribution in [2.45, 2.75) is 52.9 Å². The highest BCUT2D eigenvalue weighted by molar-refractivity contribution is 7.09. The summed E-state index contributed by atoms with van der Waals surface area (Å²) in [4.78, 5) is 3.41. The summed E-state index contributed by atoms with van der Waals surface area (Å²) in [7, 11) is 0. The van der Waals surface area contributed by atoms with Crippen molar-refractivity contribution in [1.29, 1.82) is 0 Å². The molecule has 6 heteroatoms. The average Bonchev–Trinajstić information content (AvgIpc) is 3.04. The van der Waals surface area contributed by atoms with Crippen LogP contribution in [0.4, 0.5) is 6.01 Å². The van der Waals surface area contributed by atoms with Gasteiger partial charge in [-0.15, -0.1) is 16.4 Å². The third-order valence-corrected chi connectivity index (χ3v) is 3.75. The van der Waals surface area contributed by atoms with Gasteiger partial charge in [-0.1, -0.05) is 25.0 Å². The lowest BCUT2D eigenvalue weighted by atomic mass is 10.3. The lowest BCUT2D eigenvalue weighted by Crippen LogP contribution is -2.30. The van der Waals surface area contributed by atoms with Crippen LogP contribution in [0.15, 0.2) is 21.9 Å². The SMILES string of the molecule is CC(C)NCc1nnc(N(Cc2cccs2)C(C)C)o1. The summed E-state index contributed by atoms with van der Waals surface area (Å²) in [5.74, 6) is 0.630. The van der Waals surface area contributed by atoms with E-state index in [0.29, 0.717) is 30.5 Å². The molecule has 0 saturated carbocycles. The van der Waals surface area contributed by atoms with Crippen LogP contribution >= 0.6 is 11.3 Å². The van der Waals surface area contributed by atoms with Gasteiger partial charge in [0.1, 0.15) is 0 Å². The molecule has 110 valence electrons. The van der Waals surface area contributed by atoms with Gasteiger partial charge in [0.15, 0.2) is 0 Å². The number of thiophene rings is 1. The molecule has 5 nitrogen and oxygen atoms in total. The van der Waals surface area contributed by atoms with Crippen LogP contribution in [-0.4, -0.2) is 22.3 Å². The Morgan fingerprint density at radius 1 is 1.30 bits per heavy atom. The van der Waals surface area contributed by atoms with Crippen molar-refractivity contribution in [3.05, 3.63) is 28.3 Å². The number of hydrogen-bond donors (Lipinski definition) is 1. The van der Waals surface area contributed by atoms with Crippen molar-refractivity contribution in [3.63, 3.8) is 0 Å². The van der Waals surface area contributed by atoms with Gasteiger partial charge in [0.05, 0.1) is 13.1 Å². The van der Waals surface area contributed by atoms with Gasteiger partial charge in [-0.25, -0.2) is 0 Å². The van der Waals surface area contributed by atoms with Gasteiger partial charge in [-0.2, -0.15) is 0 Å². The molecule has 1 N–H and O–H groups in total. The second-order valence-electron chi connectivity index (χ2n) is 5.31. The Kier molecular flexibility index (Phi) is 5.14. The minimum Gasteiger partial charge on any atom is -0.407 e. The molecule has 0 atom stereocenters. The molecule has 2 rings (SSSR count). The van der Waals surface area contributed by atoms with E-state index in [0.717, 1.165) is 6.54 Å². The first-order chi connectivity index (χ1) is 9.56. The average molecular weight is 294 g/mol. The fraction of sp³-hybridized carbons (Fsp3) is 0.571. The van der Waals surface area contributed by atoms with E-state index in [1.807, 2.05) is 0 Å². The van der Waals surface area contributed by atoms with Crippen LogP contribution in [0.3, 0.4) is 0 Å². The molecule has 0 unspecified atom stereocenters. The van der Waals surface area contributed by atoms with Crippen LogP contribution in [0.1, 0.15) is 38.5 Å². The largest absolute Gasteiger partial charge is 0.407 e. The second kappa shape index (κ2) is 6.85. The summed E-state index contributed by atoms with van der Waals surface area (Å²) in [5, 5.41) is 13.6. The van der Waals surface area contributed by atoms with Crippen LogP contribution in [0.2, 0.25) is 0 Å². The number of hydrogen-bond acceptors (Lipinski definition) is 6. The number of aromatic nitrogens is 2. The number of anilines is 1. The Labute approximate surface area is 124 Å². The highest BCUT2D eigenvalue weighted by Gasteiger charge is 2.18. The zero-order valence-electron chi connectivity index (χ0n) is 12.5. The summed E-state index contributed by atoms with van der Waals surface area (Å²) in [6.45, 7) is 9.85. The molecule has 0 fully saturated rings. The van der Waals surface area contributed by atoms with Crippen LogP contribution in [-0.2, 0) is 13.1 Å². The molecule has 0 saturated heterocycles. The quantitative estimate of drug-likeness (QED) is 0.850. The van der Waals surface area contributed by atoms with E-state index >= 15 is 0 Å². The maximum atomic E-state index is 5.75. The van der Waals surface area contributed by atoms with Crippen molar-refractivity contribution in [1.82, 2.24) is 15.5 Å². The minimum absolute atomic E-state index is 0.309. The monoisotopic (exact) mass is 294 g/mol. The van der Waals surface area contributed by atoms with Gasteiger partial charge in [0.2, 0.25) is 5.89 Å². The summed E-state index contributed by atoms with van der Waals surface area (Å²) in [5.41, 5.74) is 0. The van der Waals surface area contributed by atoms with E-state index in [4.69, 9.17) is 4.42 Å². The van der Waals surface area contributed by atoms with E-state index in [2.05, 4.69) is 65.6 Å². The van der Waals surface area contributed by atoms with Crippen molar-refractivity contribution in [3.8, 4) is 0 Å². The molecule has 0 amide bonds. The first-order valence-electron chi connectivity index (χ1n) is 6.91. The molecule has 0 aliphatic rings. The summed E-state index contributed by atoms with van der Waals surface area (Å²) in [6.07, 6.45) is 0. The molecule has 0 spiro atoms. The Bertz CT molecular complexity index is 507. The molecule has 20 heavy (non-hydrogen) atoms. The van der Waals surface area contributed by atoms with Crippen LogP contribution in [0.25, 0.3) is 0 Å². The Balaban J connectivity index is 2.05. The Hall–Kier alpha value is -1.40.